The second-order valence-corrected chi connectivity index (χ2v) is 6.56. The van der Waals surface area contributed by atoms with E-state index in [1.54, 1.807) is 15.7 Å². The van der Waals surface area contributed by atoms with Crippen LogP contribution >= 0.6 is 22.7 Å². The second kappa shape index (κ2) is 4.26. The van der Waals surface area contributed by atoms with Gasteiger partial charge in [0.05, 0.1) is 15.6 Å². The van der Waals surface area contributed by atoms with Crippen LogP contribution in [0.5, 0.6) is 0 Å². The van der Waals surface area contributed by atoms with Crippen LogP contribution in [0.1, 0.15) is 10.4 Å². The molecular formula is C15H10N2OS2. The van der Waals surface area contributed by atoms with Crippen molar-refractivity contribution in [1.29, 1.82) is 0 Å². The first-order valence-electron chi connectivity index (χ1n) is 6.20. The van der Waals surface area contributed by atoms with Crippen LogP contribution in [-0.4, -0.2) is 9.38 Å². The van der Waals surface area contributed by atoms with Crippen molar-refractivity contribution < 1.29 is 0 Å². The highest BCUT2D eigenvalue weighted by atomic mass is 32.1. The summed E-state index contributed by atoms with van der Waals surface area (Å²) in [5.41, 5.74) is 2.97. The molecule has 0 aliphatic rings. The number of para-hydroxylation sites is 2. The van der Waals surface area contributed by atoms with E-state index in [0.29, 0.717) is 0 Å². The number of hydrogen-bond donors (Lipinski definition) is 0. The van der Waals surface area contributed by atoms with Crippen molar-refractivity contribution in [3.05, 3.63) is 61.0 Å². The molecular weight excluding hydrogens is 288 g/mol. The summed E-state index contributed by atoms with van der Waals surface area (Å²) in [6.07, 6.45) is 1.97. The molecule has 3 nitrogen and oxygen atoms in total. The van der Waals surface area contributed by atoms with Gasteiger partial charge < -0.3 is 0 Å². The second-order valence-electron chi connectivity index (χ2n) is 4.60. The maximum atomic E-state index is 12.5. The number of thiazole rings is 1. The Morgan fingerprint density at radius 2 is 2.10 bits per heavy atom. The van der Waals surface area contributed by atoms with Crippen molar-refractivity contribution in [3.63, 3.8) is 0 Å². The molecule has 4 aromatic rings. The van der Waals surface area contributed by atoms with Crippen LogP contribution in [0.3, 0.4) is 0 Å². The molecule has 0 atom stereocenters. The number of benzene rings is 1. The first-order valence-corrected chi connectivity index (χ1v) is 7.89. The van der Waals surface area contributed by atoms with Crippen molar-refractivity contribution in [2.24, 2.45) is 0 Å². The smallest absolute Gasteiger partial charge is 0.267 e. The zero-order valence-corrected chi connectivity index (χ0v) is 12.3. The summed E-state index contributed by atoms with van der Waals surface area (Å²) in [5.74, 6) is 0. The molecule has 4 rings (SSSR count). The van der Waals surface area contributed by atoms with Gasteiger partial charge in [-0.05, 0) is 42.1 Å². The molecule has 0 saturated carbocycles. The Labute approximate surface area is 122 Å². The van der Waals surface area contributed by atoms with Crippen LogP contribution in [0.15, 0.2) is 40.5 Å². The van der Waals surface area contributed by atoms with Crippen molar-refractivity contribution >= 4 is 44.7 Å². The van der Waals surface area contributed by atoms with Gasteiger partial charge in [-0.1, -0.05) is 23.5 Å². The molecule has 0 bridgehead atoms. The zero-order valence-electron chi connectivity index (χ0n) is 10.7. The lowest BCUT2D eigenvalue weighted by Crippen LogP contribution is -2.22. The SMILES string of the molecule is Cc1ccsc1C=c1sc2nc3ccccc3n2c1=O. The average molecular weight is 298 g/mol. The first-order chi connectivity index (χ1) is 9.74. The van der Waals surface area contributed by atoms with Gasteiger partial charge in [0.2, 0.25) is 0 Å². The molecule has 0 amide bonds. The van der Waals surface area contributed by atoms with Gasteiger partial charge in [-0.15, -0.1) is 11.3 Å². The van der Waals surface area contributed by atoms with E-state index in [1.165, 1.54) is 16.9 Å². The number of thiophene rings is 1. The van der Waals surface area contributed by atoms with Gasteiger partial charge in [0.25, 0.3) is 5.56 Å². The molecule has 3 aromatic heterocycles. The average Bonchev–Trinajstić information content (AvgIpc) is 3.08. The molecule has 0 saturated heterocycles. The van der Waals surface area contributed by atoms with E-state index in [9.17, 15) is 4.79 Å². The first kappa shape index (κ1) is 11.8. The number of imidazole rings is 1. The highest BCUT2D eigenvalue weighted by molar-refractivity contribution is 7.15. The number of aromatic nitrogens is 2. The van der Waals surface area contributed by atoms with Gasteiger partial charge in [0.15, 0.2) is 4.96 Å². The van der Waals surface area contributed by atoms with Crippen LogP contribution in [-0.2, 0) is 0 Å². The zero-order chi connectivity index (χ0) is 13.7. The standard InChI is InChI=1S/C15H10N2OS2/c1-9-6-7-19-12(9)8-13-14(18)17-11-5-3-2-4-10(11)16-15(17)20-13/h2-8H,1H3. The van der Waals surface area contributed by atoms with Gasteiger partial charge >= 0.3 is 0 Å². The molecule has 5 heteroatoms. The normalized spacial score (nSPS) is 12.8. The van der Waals surface area contributed by atoms with Crippen molar-refractivity contribution in [1.82, 2.24) is 9.38 Å². The van der Waals surface area contributed by atoms with E-state index in [2.05, 4.69) is 18.0 Å². The van der Waals surface area contributed by atoms with Crippen molar-refractivity contribution in [2.45, 2.75) is 6.92 Å². The summed E-state index contributed by atoms with van der Waals surface area (Å²) >= 11 is 3.10. The lowest BCUT2D eigenvalue weighted by molar-refractivity contribution is 1.19. The Morgan fingerprint density at radius 1 is 1.25 bits per heavy atom. The molecule has 0 spiro atoms. The Kier molecular flexibility index (Phi) is 2.52. The van der Waals surface area contributed by atoms with Gasteiger partial charge in [0, 0.05) is 4.88 Å². The lowest BCUT2D eigenvalue weighted by atomic mass is 10.3. The van der Waals surface area contributed by atoms with Crippen molar-refractivity contribution in [3.8, 4) is 0 Å². The monoisotopic (exact) mass is 298 g/mol. The van der Waals surface area contributed by atoms with E-state index in [0.717, 1.165) is 25.4 Å². The molecule has 3 heterocycles. The predicted octanol–water partition coefficient (Wildman–Crippen LogP) is 2.83. The third-order valence-corrected chi connectivity index (χ3v) is 5.24. The van der Waals surface area contributed by atoms with Gasteiger partial charge in [0.1, 0.15) is 0 Å². The van der Waals surface area contributed by atoms with Crippen LogP contribution in [0.2, 0.25) is 0 Å². The van der Waals surface area contributed by atoms with E-state index >= 15 is 0 Å². The Balaban J connectivity index is 2.08. The summed E-state index contributed by atoms with van der Waals surface area (Å²) in [6.45, 7) is 2.06. The summed E-state index contributed by atoms with van der Waals surface area (Å²) in [4.78, 5) is 19.0. The van der Waals surface area contributed by atoms with Crippen LogP contribution < -0.4 is 10.1 Å². The van der Waals surface area contributed by atoms with E-state index in [4.69, 9.17) is 0 Å². The van der Waals surface area contributed by atoms with Crippen LogP contribution in [0, 0.1) is 6.92 Å². The quantitative estimate of drug-likeness (QED) is 0.541. The van der Waals surface area contributed by atoms with Gasteiger partial charge in [-0.3, -0.25) is 4.79 Å². The fraction of sp³-hybridized carbons (Fsp3) is 0.0667. The lowest BCUT2D eigenvalue weighted by Gasteiger charge is -1.87. The highest BCUT2D eigenvalue weighted by Gasteiger charge is 2.10. The minimum Gasteiger partial charge on any atom is -0.267 e. The fourth-order valence-corrected chi connectivity index (χ4v) is 4.17. The van der Waals surface area contributed by atoms with E-state index in [1.807, 2.05) is 35.7 Å². The molecule has 98 valence electrons. The summed E-state index contributed by atoms with van der Waals surface area (Å²) in [7, 11) is 0. The van der Waals surface area contributed by atoms with Crippen molar-refractivity contribution in [2.75, 3.05) is 0 Å². The minimum atomic E-state index is 0.0199. The number of fused-ring (bicyclic) bond motifs is 3. The largest absolute Gasteiger partial charge is 0.274 e. The third-order valence-electron chi connectivity index (χ3n) is 3.31. The number of hydrogen-bond acceptors (Lipinski definition) is 4. The van der Waals surface area contributed by atoms with E-state index in [-0.39, 0.29) is 5.56 Å². The van der Waals surface area contributed by atoms with Gasteiger partial charge in [-0.2, -0.15) is 0 Å². The summed E-state index contributed by atoms with van der Waals surface area (Å²) in [6, 6.07) is 9.80. The maximum Gasteiger partial charge on any atom is 0.274 e. The topological polar surface area (TPSA) is 34.4 Å². The molecule has 20 heavy (non-hydrogen) atoms. The van der Waals surface area contributed by atoms with Crippen LogP contribution in [0.4, 0.5) is 0 Å². The number of nitrogens with zero attached hydrogens (tertiary/aromatic N) is 2. The number of rotatable bonds is 1. The number of aryl methyl sites for hydroxylation is 1. The summed E-state index contributed by atoms with van der Waals surface area (Å²) in [5, 5.41) is 2.04. The third kappa shape index (κ3) is 1.63. The molecule has 0 unspecified atom stereocenters. The van der Waals surface area contributed by atoms with E-state index < -0.39 is 0 Å². The molecule has 0 fully saturated rings. The highest BCUT2D eigenvalue weighted by Crippen LogP contribution is 2.18. The Morgan fingerprint density at radius 3 is 2.90 bits per heavy atom. The molecule has 1 aromatic carbocycles. The Hall–Kier alpha value is -1.98. The minimum absolute atomic E-state index is 0.0199. The Bertz CT molecular complexity index is 1040. The molecule has 0 radical (unpaired) electrons. The molecule has 0 aliphatic carbocycles. The van der Waals surface area contributed by atoms with Gasteiger partial charge in [-0.25, -0.2) is 9.38 Å². The molecule has 0 aliphatic heterocycles. The van der Waals surface area contributed by atoms with Crippen LogP contribution in [0.25, 0.3) is 22.1 Å². The maximum absolute atomic E-state index is 12.5. The summed E-state index contributed by atoms with van der Waals surface area (Å²) < 4.78 is 2.44. The molecule has 0 N–H and O–H groups in total. The fourth-order valence-electron chi connectivity index (χ4n) is 2.26. The predicted molar refractivity (Wildman–Crippen MR) is 84.7 cm³/mol.